The number of nitrogens with one attached hydrogen (secondary N) is 1. The Balaban J connectivity index is 1.20. The lowest BCUT2D eigenvalue weighted by molar-refractivity contribution is 0.138. The summed E-state index contributed by atoms with van der Waals surface area (Å²) in [5.41, 5.74) is 2.20. The highest BCUT2D eigenvalue weighted by Gasteiger charge is 2.67. The number of nitrogens with zero attached hydrogens (tertiary/aromatic N) is 4. The molecule has 2 fully saturated rings. The number of carbonyl (C=O) groups is 1. The van der Waals surface area contributed by atoms with E-state index in [1.165, 1.54) is 6.07 Å². The van der Waals surface area contributed by atoms with E-state index in [4.69, 9.17) is 21.3 Å². The first kappa shape index (κ1) is 23.6. The molecule has 1 amide bonds. The van der Waals surface area contributed by atoms with E-state index in [1.54, 1.807) is 24.4 Å². The second-order valence-electron chi connectivity index (χ2n) is 9.59. The summed E-state index contributed by atoms with van der Waals surface area (Å²) in [5, 5.41) is 3.30. The van der Waals surface area contributed by atoms with Gasteiger partial charge in [0.1, 0.15) is 28.9 Å². The van der Waals surface area contributed by atoms with Crippen molar-refractivity contribution in [2.24, 2.45) is 11.8 Å². The van der Waals surface area contributed by atoms with Gasteiger partial charge in [-0.1, -0.05) is 60.1 Å². The van der Waals surface area contributed by atoms with Crippen LogP contribution in [0, 0.1) is 17.7 Å². The molecule has 3 heterocycles. The van der Waals surface area contributed by atoms with Crippen molar-refractivity contribution >= 4 is 34.7 Å². The number of ether oxygens (including phenoxy) is 1. The molecule has 0 radical (unpaired) electrons. The summed E-state index contributed by atoms with van der Waals surface area (Å²) < 4.78 is 20.5. The van der Waals surface area contributed by atoms with Crippen molar-refractivity contribution in [3.63, 3.8) is 0 Å². The van der Waals surface area contributed by atoms with Crippen molar-refractivity contribution in [2.45, 2.75) is 18.4 Å². The van der Waals surface area contributed by atoms with Crippen LogP contribution in [0.2, 0.25) is 5.15 Å². The number of piperidine rings is 1. The summed E-state index contributed by atoms with van der Waals surface area (Å²) in [6.45, 7) is 1.93. The molecular weight excluding hydrogens is 493 g/mol. The molecule has 2 aromatic carbocycles. The van der Waals surface area contributed by atoms with Gasteiger partial charge >= 0.3 is 6.09 Å². The highest BCUT2D eigenvalue weighted by atomic mass is 35.5. The quantitative estimate of drug-likeness (QED) is 0.357. The monoisotopic (exact) mass is 517 g/mol. The molecule has 7 nitrogen and oxygen atoms in total. The van der Waals surface area contributed by atoms with Crippen LogP contribution in [0.3, 0.4) is 0 Å². The largest absolute Gasteiger partial charge is 0.445 e. The third-order valence-corrected chi connectivity index (χ3v) is 7.83. The van der Waals surface area contributed by atoms with Crippen LogP contribution in [-0.4, -0.2) is 40.7 Å². The smallest absolute Gasteiger partial charge is 0.407 e. The zero-order valence-corrected chi connectivity index (χ0v) is 20.7. The molecule has 6 rings (SSSR count). The number of carbonyl (C=O) groups excluding carboxylic acids is 1. The zero-order valence-electron chi connectivity index (χ0n) is 20.0. The van der Waals surface area contributed by atoms with Crippen molar-refractivity contribution in [2.75, 3.05) is 24.5 Å². The maximum Gasteiger partial charge on any atom is 0.407 e. The average molecular weight is 518 g/mol. The molecule has 2 aliphatic rings. The number of halogens is 2. The Kier molecular flexibility index (Phi) is 6.12. The van der Waals surface area contributed by atoms with Gasteiger partial charge in [0.05, 0.1) is 6.20 Å². The van der Waals surface area contributed by atoms with Crippen molar-refractivity contribution < 1.29 is 13.9 Å². The molecule has 0 spiro atoms. The van der Waals surface area contributed by atoms with Gasteiger partial charge in [0, 0.05) is 25.0 Å². The van der Waals surface area contributed by atoms with E-state index in [9.17, 15) is 4.79 Å². The maximum atomic E-state index is 15.1. The summed E-state index contributed by atoms with van der Waals surface area (Å²) in [6.07, 6.45) is 2.04. The van der Waals surface area contributed by atoms with E-state index in [-0.39, 0.29) is 24.3 Å². The molecule has 4 aromatic rings. The van der Waals surface area contributed by atoms with Crippen LogP contribution in [0.1, 0.15) is 17.5 Å². The van der Waals surface area contributed by atoms with E-state index in [1.807, 2.05) is 42.5 Å². The fourth-order valence-electron chi connectivity index (χ4n) is 5.80. The first-order chi connectivity index (χ1) is 18.0. The highest BCUT2D eigenvalue weighted by Crippen LogP contribution is 2.63. The standard InChI is InChI=1S/C28H25ClFN5O2/c29-24-11-10-23-26(34-24)31-14-25(33-23)35-13-12-19-21(15-35)28(19,20-8-4-5-9-22(20)30)17-32-27(36)37-16-18-6-2-1-3-7-18/h1-11,14,19,21H,12-13,15-17H2,(H,32,36)/t19-,21+,28-/m1/s1. The maximum absolute atomic E-state index is 15.1. The van der Waals surface area contributed by atoms with Gasteiger partial charge in [0.25, 0.3) is 0 Å². The van der Waals surface area contributed by atoms with Crippen molar-refractivity contribution in [1.29, 1.82) is 0 Å². The average Bonchev–Trinajstić information content (AvgIpc) is 3.58. The fraction of sp³-hybridized carbons (Fsp3) is 0.286. The van der Waals surface area contributed by atoms with Crippen molar-refractivity contribution in [1.82, 2.24) is 20.3 Å². The van der Waals surface area contributed by atoms with Crippen LogP contribution in [0.5, 0.6) is 0 Å². The number of aromatic nitrogens is 3. The van der Waals surface area contributed by atoms with Gasteiger partial charge in [-0.05, 0) is 47.6 Å². The van der Waals surface area contributed by atoms with Crippen LogP contribution in [0.4, 0.5) is 15.0 Å². The summed E-state index contributed by atoms with van der Waals surface area (Å²) in [6, 6.07) is 19.9. The Labute approximate surface area is 218 Å². The molecule has 2 aromatic heterocycles. The SMILES string of the molecule is O=C(NC[C@]1(c2ccccc2F)[C@@H]2CCN(c3cnc4nc(Cl)ccc4n3)C[C@@H]21)OCc1ccccc1. The molecule has 1 aliphatic carbocycles. The van der Waals surface area contributed by atoms with Gasteiger partial charge < -0.3 is 15.0 Å². The minimum atomic E-state index is -0.509. The normalized spacial score (nSPS) is 22.4. The number of hydrogen-bond acceptors (Lipinski definition) is 6. The Morgan fingerprint density at radius 2 is 1.89 bits per heavy atom. The van der Waals surface area contributed by atoms with E-state index < -0.39 is 11.5 Å². The molecule has 1 N–H and O–H groups in total. The number of rotatable bonds is 6. The summed E-state index contributed by atoms with van der Waals surface area (Å²) in [4.78, 5) is 28.1. The van der Waals surface area contributed by atoms with E-state index in [0.717, 1.165) is 24.3 Å². The van der Waals surface area contributed by atoms with Crippen LogP contribution < -0.4 is 10.2 Å². The molecule has 9 heteroatoms. The molecule has 0 bridgehead atoms. The van der Waals surface area contributed by atoms with Gasteiger partial charge in [-0.25, -0.2) is 24.1 Å². The second-order valence-corrected chi connectivity index (χ2v) is 9.98. The Hall–Kier alpha value is -3.78. The number of fused-ring (bicyclic) bond motifs is 2. The summed E-state index contributed by atoms with van der Waals surface area (Å²) >= 11 is 5.98. The molecule has 188 valence electrons. The number of alkyl carbamates (subject to hydrolysis) is 1. The van der Waals surface area contributed by atoms with Gasteiger partial charge in [-0.15, -0.1) is 0 Å². The van der Waals surface area contributed by atoms with E-state index in [2.05, 4.69) is 20.2 Å². The highest BCUT2D eigenvalue weighted by molar-refractivity contribution is 6.29. The van der Waals surface area contributed by atoms with Crippen molar-refractivity contribution in [3.8, 4) is 0 Å². The van der Waals surface area contributed by atoms with Crippen molar-refractivity contribution in [3.05, 3.63) is 95.0 Å². The second kappa shape index (κ2) is 9.59. The molecule has 1 saturated carbocycles. The van der Waals surface area contributed by atoms with Crippen LogP contribution in [-0.2, 0) is 16.8 Å². The lowest BCUT2D eigenvalue weighted by atomic mass is 9.90. The number of amides is 1. The molecule has 37 heavy (non-hydrogen) atoms. The fourth-order valence-corrected chi connectivity index (χ4v) is 5.94. The van der Waals surface area contributed by atoms with E-state index in [0.29, 0.717) is 35.0 Å². The minimum Gasteiger partial charge on any atom is -0.445 e. The lowest BCUT2D eigenvalue weighted by Gasteiger charge is -2.27. The topological polar surface area (TPSA) is 80.2 Å². The number of anilines is 1. The first-order valence-electron chi connectivity index (χ1n) is 12.3. The minimum absolute atomic E-state index is 0.147. The molecule has 1 saturated heterocycles. The third-order valence-electron chi connectivity index (χ3n) is 7.62. The predicted octanol–water partition coefficient (Wildman–Crippen LogP) is 5.14. The number of pyridine rings is 1. The molecule has 3 atom stereocenters. The summed E-state index contributed by atoms with van der Waals surface area (Å²) in [7, 11) is 0. The van der Waals surface area contributed by atoms with Crippen LogP contribution in [0.25, 0.3) is 11.2 Å². The first-order valence-corrected chi connectivity index (χ1v) is 12.7. The van der Waals surface area contributed by atoms with Gasteiger partial charge in [0.2, 0.25) is 0 Å². The molecule has 0 unspecified atom stereocenters. The summed E-state index contributed by atoms with van der Waals surface area (Å²) in [5.74, 6) is 0.883. The number of hydrogen-bond donors (Lipinski definition) is 1. The van der Waals surface area contributed by atoms with Crippen LogP contribution in [0.15, 0.2) is 72.9 Å². The van der Waals surface area contributed by atoms with Gasteiger partial charge in [0.15, 0.2) is 5.65 Å². The van der Waals surface area contributed by atoms with Gasteiger partial charge in [-0.2, -0.15) is 0 Å². The van der Waals surface area contributed by atoms with Crippen LogP contribution >= 0.6 is 11.6 Å². The van der Waals surface area contributed by atoms with E-state index >= 15 is 4.39 Å². The molecular formula is C28H25ClFN5O2. The Morgan fingerprint density at radius 1 is 1.08 bits per heavy atom. The van der Waals surface area contributed by atoms with Gasteiger partial charge in [-0.3, -0.25) is 0 Å². The molecule has 1 aliphatic heterocycles. The lowest BCUT2D eigenvalue weighted by Crippen LogP contribution is -2.36. The number of benzene rings is 2. The predicted molar refractivity (Wildman–Crippen MR) is 139 cm³/mol. The Morgan fingerprint density at radius 3 is 2.73 bits per heavy atom. The third kappa shape index (κ3) is 4.46. The Bertz CT molecular complexity index is 1460. The zero-order chi connectivity index (χ0) is 25.4.